The van der Waals surface area contributed by atoms with E-state index in [4.69, 9.17) is 4.74 Å². The van der Waals surface area contributed by atoms with E-state index in [2.05, 4.69) is 35.1 Å². The van der Waals surface area contributed by atoms with E-state index in [1.165, 1.54) is 12.0 Å². The zero-order valence-electron chi connectivity index (χ0n) is 11.5. The number of ether oxygens (including phenoxy) is 1. The zero-order chi connectivity index (χ0) is 13.0. The maximum Gasteiger partial charge on any atom is 0.217 e. The first-order valence-electron chi connectivity index (χ1n) is 6.66. The standard InChI is InChI=1S/C14H23N3O/c1-11-9-17(12(2)6-8-15-11)10-13-5-4-7-16-14(13)18-3/h4-5,7,11-12,15H,6,8-10H2,1-3H3. The normalized spacial score (nSPS) is 25.7. The maximum absolute atomic E-state index is 5.33. The molecule has 18 heavy (non-hydrogen) atoms. The number of hydrogen-bond acceptors (Lipinski definition) is 4. The van der Waals surface area contributed by atoms with Crippen LogP contribution in [0.4, 0.5) is 0 Å². The van der Waals surface area contributed by atoms with Gasteiger partial charge in [0.2, 0.25) is 5.88 Å². The minimum atomic E-state index is 0.539. The van der Waals surface area contributed by atoms with Crippen LogP contribution in [0.2, 0.25) is 0 Å². The summed E-state index contributed by atoms with van der Waals surface area (Å²) in [7, 11) is 1.68. The Morgan fingerprint density at radius 1 is 1.50 bits per heavy atom. The summed E-state index contributed by atoms with van der Waals surface area (Å²) in [5, 5.41) is 3.53. The minimum absolute atomic E-state index is 0.539. The lowest BCUT2D eigenvalue weighted by atomic mass is 10.1. The third kappa shape index (κ3) is 3.21. The van der Waals surface area contributed by atoms with E-state index in [0.29, 0.717) is 12.1 Å². The summed E-state index contributed by atoms with van der Waals surface area (Å²) in [6.45, 7) is 7.61. The molecule has 0 spiro atoms. The molecule has 2 rings (SSSR count). The van der Waals surface area contributed by atoms with Crippen molar-refractivity contribution in [2.45, 2.75) is 38.9 Å². The molecule has 0 amide bonds. The van der Waals surface area contributed by atoms with Crippen LogP contribution in [0, 0.1) is 0 Å². The Labute approximate surface area is 109 Å². The smallest absolute Gasteiger partial charge is 0.217 e. The number of nitrogens with zero attached hydrogens (tertiary/aromatic N) is 2. The number of nitrogens with one attached hydrogen (secondary N) is 1. The van der Waals surface area contributed by atoms with Crippen LogP contribution in [0.5, 0.6) is 5.88 Å². The fourth-order valence-corrected chi connectivity index (χ4v) is 2.48. The third-order valence-corrected chi connectivity index (χ3v) is 3.60. The van der Waals surface area contributed by atoms with Crippen molar-refractivity contribution in [3.05, 3.63) is 23.9 Å². The van der Waals surface area contributed by atoms with Crippen LogP contribution in [0.3, 0.4) is 0 Å². The van der Waals surface area contributed by atoms with Crippen LogP contribution in [0.15, 0.2) is 18.3 Å². The summed E-state index contributed by atoms with van der Waals surface area (Å²) in [4.78, 5) is 6.77. The van der Waals surface area contributed by atoms with Crippen molar-refractivity contribution >= 4 is 0 Å². The Balaban J connectivity index is 2.10. The highest BCUT2D eigenvalue weighted by atomic mass is 16.5. The van der Waals surface area contributed by atoms with E-state index < -0.39 is 0 Å². The highest BCUT2D eigenvalue weighted by molar-refractivity contribution is 5.25. The average molecular weight is 249 g/mol. The van der Waals surface area contributed by atoms with Crippen molar-refractivity contribution in [2.75, 3.05) is 20.2 Å². The number of aromatic nitrogens is 1. The summed E-state index contributed by atoms with van der Waals surface area (Å²) < 4.78 is 5.33. The molecule has 2 unspecified atom stereocenters. The maximum atomic E-state index is 5.33. The first-order valence-corrected chi connectivity index (χ1v) is 6.66. The third-order valence-electron chi connectivity index (χ3n) is 3.60. The van der Waals surface area contributed by atoms with Crippen LogP contribution in [0.1, 0.15) is 25.8 Å². The Hall–Kier alpha value is -1.13. The van der Waals surface area contributed by atoms with Gasteiger partial charge in [0.15, 0.2) is 0 Å². The van der Waals surface area contributed by atoms with E-state index in [1.54, 1.807) is 13.3 Å². The molecular formula is C14H23N3O. The van der Waals surface area contributed by atoms with Gasteiger partial charge in [0.25, 0.3) is 0 Å². The van der Waals surface area contributed by atoms with Gasteiger partial charge in [0.05, 0.1) is 7.11 Å². The van der Waals surface area contributed by atoms with Crippen molar-refractivity contribution in [1.29, 1.82) is 0 Å². The quantitative estimate of drug-likeness (QED) is 0.884. The van der Waals surface area contributed by atoms with Gasteiger partial charge < -0.3 is 10.1 Å². The second-order valence-corrected chi connectivity index (χ2v) is 5.09. The van der Waals surface area contributed by atoms with Gasteiger partial charge in [-0.1, -0.05) is 6.07 Å². The van der Waals surface area contributed by atoms with E-state index in [1.807, 2.05) is 6.07 Å². The van der Waals surface area contributed by atoms with Crippen molar-refractivity contribution in [1.82, 2.24) is 15.2 Å². The lowest BCUT2D eigenvalue weighted by Crippen LogP contribution is -2.38. The summed E-state index contributed by atoms with van der Waals surface area (Å²) in [5.41, 5.74) is 1.17. The van der Waals surface area contributed by atoms with Gasteiger partial charge in [-0.05, 0) is 32.9 Å². The summed E-state index contributed by atoms with van der Waals surface area (Å²) >= 11 is 0. The van der Waals surface area contributed by atoms with E-state index in [0.717, 1.165) is 25.5 Å². The SMILES string of the molecule is COc1ncccc1CN1CC(C)NCCC1C. The Kier molecular flexibility index (Phi) is 4.55. The van der Waals surface area contributed by atoms with Crippen molar-refractivity contribution in [2.24, 2.45) is 0 Å². The molecule has 0 bridgehead atoms. The molecule has 0 aromatic carbocycles. The Bertz CT molecular complexity index is 383. The molecular weight excluding hydrogens is 226 g/mol. The number of rotatable bonds is 3. The highest BCUT2D eigenvalue weighted by Crippen LogP contribution is 2.19. The molecule has 1 aromatic rings. The van der Waals surface area contributed by atoms with Crippen LogP contribution in [0.25, 0.3) is 0 Å². The molecule has 0 aliphatic carbocycles. The molecule has 1 fully saturated rings. The molecule has 4 heteroatoms. The molecule has 1 aliphatic rings. The number of methoxy groups -OCH3 is 1. The van der Waals surface area contributed by atoms with Gasteiger partial charge in [-0.25, -0.2) is 4.98 Å². The molecule has 1 aromatic heterocycles. The van der Waals surface area contributed by atoms with Crippen LogP contribution in [-0.2, 0) is 6.54 Å². The summed E-state index contributed by atoms with van der Waals surface area (Å²) in [6, 6.07) is 5.20. The fraction of sp³-hybridized carbons (Fsp3) is 0.643. The second kappa shape index (κ2) is 6.16. The van der Waals surface area contributed by atoms with Gasteiger partial charge in [-0.2, -0.15) is 0 Å². The molecule has 2 atom stereocenters. The molecule has 0 radical (unpaired) electrons. The first-order chi connectivity index (χ1) is 8.70. The van der Waals surface area contributed by atoms with Crippen molar-refractivity contribution in [3.63, 3.8) is 0 Å². The van der Waals surface area contributed by atoms with Crippen LogP contribution < -0.4 is 10.1 Å². The van der Waals surface area contributed by atoms with E-state index in [9.17, 15) is 0 Å². The predicted molar refractivity (Wildman–Crippen MR) is 72.7 cm³/mol. The van der Waals surface area contributed by atoms with Gasteiger partial charge in [0, 0.05) is 36.9 Å². The fourth-order valence-electron chi connectivity index (χ4n) is 2.48. The number of pyridine rings is 1. The lowest BCUT2D eigenvalue weighted by molar-refractivity contribution is 0.196. The molecule has 1 saturated heterocycles. The predicted octanol–water partition coefficient (Wildman–Crippen LogP) is 1.66. The monoisotopic (exact) mass is 249 g/mol. The largest absolute Gasteiger partial charge is 0.481 e. The molecule has 2 heterocycles. The first kappa shape index (κ1) is 13.3. The van der Waals surface area contributed by atoms with Crippen LogP contribution in [-0.4, -0.2) is 42.2 Å². The molecule has 1 N–H and O–H groups in total. The number of hydrogen-bond donors (Lipinski definition) is 1. The van der Waals surface area contributed by atoms with Gasteiger partial charge in [-0.3, -0.25) is 4.90 Å². The van der Waals surface area contributed by atoms with E-state index >= 15 is 0 Å². The molecule has 100 valence electrons. The van der Waals surface area contributed by atoms with Gasteiger partial charge >= 0.3 is 0 Å². The average Bonchev–Trinajstić information content (AvgIpc) is 2.52. The molecule has 0 saturated carbocycles. The summed E-state index contributed by atoms with van der Waals surface area (Å²) in [5.74, 6) is 0.745. The second-order valence-electron chi connectivity index (χ2n) is 5.09. The molecule has 4 nitrogen and oxygen atoms in total. The zero-order valence-corrected chi connectivity index (χ0v) is 11.5. The van der Waals surface area contributed by atoms with Crippen LogP contribution >= 0.6 is 0 Å². The minimum Gasteiger partial charge on any atom is -0.481 e. The van der Waals surface area contributed by atoms with Gasteiger partial charge in [0.1, 0.15) is 0 Å². The Morgan fingerprint density at radius 3 is 3.11 bits per heavy atom. The Morgan fingerprint density at radius 2 is 2.33 bits per heavy atom. The topological polar surface area (TPSA) is 37.4 Å². The van der Waals surface area contributed by atoms with Gasteiger partial charge in [-0.15, -0.1) is 0 Å². The summed E-state index contributed by atoms with van der Waals surface area (Å²) in [6.07, 6.45) is 2.96. The molecule has 1 aliphatic heterocycles. The highest BCUT2D eigenvalue weighted by Gasteiger charge is 2.21. The lowest BCUT2D eigenvalue weighted by Gasteiger charge is -2.28. The van der Waals surface area contributed by atoms with E-state index in [-0.39, 0.29) is 0 Å². The van der Waals surface area contributed by atoms with Crippen molar-refractivity contribution in [3.8, 4) is 5.88 Å². The van der Waals surface area contributed by atoms with Crippen molar-refractivity contribution < 1.29 is 4.74 Å².